The highest BCUT2D eigenvalue weighted by molar-refractivity contribution is 7.11. The molecule has 5 nitrogen and oxygen atoms in total. The summed E-state index contributed by atoms with van der Waals surface area (Å²) < 4.78 is 2.20. The molecule has 2 aromatic rings. The zero-order valence-corrected chi connectivity index (χ0v) is 12.6. The Morgan fingerprint density at radius 2 is 2.40 bits per heavy atom. The van der Waals surface area contributed by atoms with Gasteiger partial charge in [0.2, 0.25) is 0 Å². The van der Waals surface area contributed by atoms with Crippen molar-refractivity contribution >= 4 is 17.2 Å². The van der Waals surface area contributed by atoms with Crippen molar-refractivity contribution in [3.05, 3.63) is 34.3 Å². The summed E-state index contributed by atoms with van der Waals surface area (Å²) in [5, 5.41) is 0. The maximum absolute atomic E-state index is 12.4. The summed E-state index contributed by atoms with van der Waals surface area (Å²) in [6.45, 7) is 3.67. The first-order valence-corrected chi connectivity index (χ1v) is 7.68. The number of rotatable bonds is 3. The average Bonchev–Trinajstić information content (AvgIpc) is 3.05. The molecule has 0 fully saturated rings. The molecule has 6 heteroatoms. The van der Waals surface area contributed by atoms with Gasteiger partial charge in [0.15, 0.2) is 0 Å². The van der Waals surface area contributed by atoms with Crippen LogP contribution in [0.1, 0.15) is 27.6 Å². The van der Waals surface area contributed by atoms with Gasteiger partial charge in [-0.15, -0.1) is 11.3 Å². The predicted molar refractivity (Wildman–Crippen MR) is 77.8 cm³/mol. The van der Waals surface area contributed by atoms with Gasteiger partial charge in [-0.1, -0.05) is 0 Å². The number of imidazole rings is 1. The molecule has 1 atom stereocenters. The molecule has 1 amide bonds. The van der Waals surface area contributed by atoms with E-state index in [1.54, 1.807) is 5.51 Å². The summed E-state index contributed by atoms with van der Waals surface area (Å²) in [5.41, 5.74) is 2.56. The molecular formula is C14H18N4OS. The Bertz CT molecular complexity index is 618. The Morgan fingerprint density at radius 1 is 1.55 bits per heavy atom. The molecule has 0 aromatic carbocycles. The number of hydrogen-bond donors (Lipinski definition) is 0. The molecule has 0 N–H and O–H groups in total. The van der Waals surface area contributed by atoms with Crippen LogP contribution in [0.15, 0.2) is 17.9 Å². The highest BCUT2D eigenvalue weighted by atomic mass is 32.1. The van der Waals surface area contributed by atoms with Crippen LogP contribution < -0.4 is 0 Å². The lowest BCUT2D eigenvalue weighted by molar-refractivity contribution is 0.0768. The van der Waals surface area contributed by atoms with E-state index in [9.17, 15) is 4.79 Å². The van der Waals surface area contributed by atoms with Crippen LogP contribution in [0.4, 0.5) is 0 Å². The number of hydrogen-bond acceptors (Lipinski definition) is 4. The molecule has 0 aliphatic carbocycles. The fourth-order valence-electron chi connectivity index (χ4n) is 2.72. The van der Waals surface area contributed by atoms with Crippen LogP contribution in [-0.2, 0) is 13.0 Å². The van der Waals surface area contributed by atoms with Gasteiger partial charge in [0, 0.05) is 39.0 Å². The van der Waals surface area contributed by atoms with Crippen molar-refractivity contribution in [2.75, 3.05) is 13.6 Å². The number of aryl methyl sites for hydroxylation is 2. The van der Waals surface area contributed by atoms with E-state index in [0.29, 0.717) is 5.92 Å². The summed E-state index contributed by atoms with van der Waals surface area (Å²) in [4.78, 5) is 23.5. The van der Waals surface area contributed by atoms with Crippen molar-refractivity contribution in [3.63, 3.8) is 0 Å². The van der Waals surface area contributed by atoms with Gasteiger partial charge in [0.1, 0.15) is 10.7 Å². The zero-order valence-electron chi connectivity index (χ0n) is 11.7. The molecule has 2 aromatic heterocycles. The maximum atomic E-state index is 12.4. The third-order valence-electron chi connectivity index (χ3n) is 3.87. The molecule has 0 saturated carbocycles. The van der Waals surface area contributed by atoms with Crippen molar-refractivity contribution in [2.24, 2.45) is 5.92 Å². The molecule has 20 heavy (non-hydrogen) atoms. The van der Waals surface area contributed by atoms with Gasteiger partial charge in [0.25, 0.3) is 5.91 Å². The number of aromatic nitrogens is 3. The molecule has 0 unspecified atom stereocenters. The SMILES string of the molecule is Cc1ncsc1C(=O)N(C)C[C@H]1CCn2ccnc2C1. The van der Waals surface area contributed by atoms with Gasteiger partial charge >= 0.3 is 0 Å². The monoisotopic (exact) mass is 290 g/mol. The summed E-state index contributed by atoms with van der Waals surface area (Å²) in [5.74, 6) is 1.71. The number of thiazole rings is 1. The van der Waals surface area contributed by atoms with Crippen molar-refractivity contribution in [3.8, 4) is 0 Å². The molecule has 0 spiro atoms. The number of amides is 1. The third kappa shape index (κ3) is 2.47. The number of carbonyl (C=O) groups excluding carboxylic acids is 1. The van der Waals surface area contributed by atoms with E-state index >= 15 is 0 Å². The van der Waals surface area contributed by atoms with Crippen molar-refractivity contribution in [1.29, 1.82) is 0 Å². The smallest absolute Gasteiger partial charge is 0.265 e. The lowest BCUT2D eigenvalue weighted by Gasteiger charge is -2.27. The van der Waals surface area contributed by atoms with Gasteiger partial charge in [-0.05, 0) is 19.3 Å². The summed E-state index contributed by atoms with van der Waals surface area (Å²) in [6, 6.07) is 0. The number of nitrogens with zero attached hydrogens (tertiary/aromatic N) is 4. The molecular weight excluding hydrogens is 272 g/mol. The third-order valence-corrected chi connectivity index (χ3v) is 4.79. The summed E-state index contributed by atoms with van der Waals surface area (Å²) >= 11 is 1.42. The fraction of sp³-hybridized carbons (Fsp3) is 0.500. The van der Waals surface area contributed by atoms with Crippen molar-refractivity contribution in [1.82, 2.24) is 19.4 Å². The van der Waals surface area contributed by atoms with Crippen LogP contribution in [-0.4, -0.2) is 38.9 Å². The normalized spacial score (nSPS) is 17.8. The molecule has 0 saturated heterocycles. The Morgan fingerprint density at radius 3 is 3.15 bits per heavy atom. The maximum Gasteiger partial charge on any atom is 0.265 e. The minimum atomic E-state index is 0.0823. The standard InChI is InChI=1S/C14H18N4OS/c1-10-13(20-9-16-10)14(19)17(2)8-11-3-5-18-6-4-15-12(18)7-11/h4,6,9,11H,3,5,7-8H2,1-2H3/t11-/m0/s1. The largest absolute Gasteiger partial charge is 0.341 e. The fourth-order valence-corrected chi connectivity index (χ4v) is 3.52. The number of carbonyl (C=O) groups is 1. The second-order valence-electron chi connectivity index (χ2n) is 5.35. The van der Waals surface area contributed by atoms with E-state index in [4.69, 9.17) is 0 Å². The van der Waals surface area contributed by atoms with E-state index in [0.717, 1.165) is 42.3 Å². The molecule has 0 radical (unpaired) electrons. The summed E-state index contributed by atoms with van der Waals surface area (Å²) in [6.07, 6.45) is 5.93. The lowest BCUT2D eigenvalue weighted by atomic mass is 9.97. The first-order chi connectivity index (χ1) is 9.65. The van der Waals surface area contributed by atoms with Crippen LogP contribution in [0.5, 0.6) is 0 Å². The van der Waals surface area contributed by atoms with Gasteiger partial charge in [-0.3, -0.25) is 4.79 Å². The second-order valence-corrected chi connectivity index (χ2v) is 6.20. The van der Waals surface area contributed by atoms with Crippen molar-refractivity contribution in [2.45, 2.75) is 26.3 Å². The predicted octanol–water partition coefficient (Wildman–Crippen LogP) is 1.98. The Hall–Kier alpha value is -1.69. The Labute approximate surface area is 122 Å². The highest BCUT2D eigenvalue weighted by Crippen LogP contribution is 2.21. The van der Waals surface area contributed by atoms with E-state index < -0.39 is 0 Å². The second kappa shape index (κ2) is 5.36. The van der Waals surface area contributed by atoms with E-state index in [2.05, 4.69) is 14.5 Å². The topological polar surface area (TPSA) is 51.0 Å². The van der Waals surface area contributed by atoms with Gasteiger partial charge in [-0.25, -0.2) is 9.97 Å². The molecule has 1 aliphatic heterocycles. The van der Waals surface area contributed by atoms with Crippen molar-refractivity contribution < 1.29 is 4.79 Å². The minimum Gasteiger partial charge on any atom is -0.341 e. The van der Waals surface area contributed by atoms with E-state index in [1.807, 2.05) is 31.3 Å². The molecule has 1 aliphatic rings. The van der Waals surface area contributed by atoms with E-state index in [-0.39, 0.29) is 5.91 Å². The summed E-state index contributed by atoms with van der Waals surface area (Å²) in [7, 11) is 1.88. The molecule has 3 heterocycles. The van der Waals surface area contributed by atoms with E-state index in [1.165, 1.54) is 11.3 Å². The van der Waals surface area contributed by atoms with Crippen LogP contribution in [0, 0.1) is 12.8 Å². The first kappa shape index (κ1) is 13.3. The number of fused-ring (bicyclic) bond motifs is 1. The van der Waals surface area contributed by atoms with Crippen LogP contribution >= 0.6 is 11.3 Å². The molecule has 106 valence electrons. The minimum absolute atomic E-state index is 0.0823. The van der Waals surface area contributed by atoms with Crippen LogP contribution in [0.3, 0.4) is 0 Å². The van der Waals surface area contributed by atoms with Gasteiger partial charge < -0.3 is 9.47 Å². The quantitative estimate of drug-likeness (QED) is 0.868. The highest BCUT2D eigenvalue weighted by Gasteiger charge is 2.23. The van der Waals surface area contributed by atoms with Gasteiger partial charge in [-0.2, -0.15) is 0 Å². The average molecular weight is 290 g/mol. The molecule has 0 bridgehead atoms. The first-order valence-electron chi connectivity index (χ1n) is 6.80. The Kier molecular flexibility index (Phi) is 3.56. The lowest BCUT2D eigenvalue weighted by Crippen LogP contribution is -2.34. The Balaban J connectivity index is 1.64. The zero-order chi connectivity index (χ0) is 14.1. The van der Waals surface area contributed by atoms with Gasteiger partial charge in [0.05, 0.1) is 11.2 Å². The molecule has 3 rings (SSSR count). The van der Waals surface area contributed by atoms with Crippen LogP contribution in [0.25, 0.3) is 0 Å². The van der Waals surface area contributed by atoms with Crippen LogP contribution in [0.2, 0.25) is 0 Å².